The summed E-state index contributed by atoms with van der Waals surface area (Å²) in [4.78, 5) is 36.4. The highest BCUT2D eigenvalue weighted by molar-refractivity contribution is 6.22. The lowest BCUT2D eigenvalue weighted by atomic mass is 10.2. The molecule has 0 amide bonds. The van der Waals surface area contributed by atoms with Crippen LogP contribution in [0.3, 0.4) is 0 Å². The zero-order valence-electron chi connectivity index (χ0n) is 15.5. The average Bonchev–Trinajstić information content (AvgIpc) is 2.70. The third-order valence-electron chi connectivity index (χ3n) is 3.22. The van der Waals surface area contributed by atoms with Crippen LogP contribution in [-0.2, 0) is 9.63 Å². The van der Waals surface area contributed by atoms with E-state index >= 15 is 0 Å². The molecule has 2 aromatic rings. The van der Waals surface area contributed by atoms with Gasteiger partial charge in [-0.3, -0.25) is 4.99 Å². The highest BCUT2D eigenvalue weighted by Gasteiger charge is 2.09. The zero-order valence-corrected chi connectivity index (χ0v) is 15.5. The summed E-state index contributed by atoms with van der Waals surface area (Å²) < 4.78 is 10.8. The lowest BCUT2D eigenvalue weighted by Crippen LogP contribution is -2.25. The molecule has 0 saturated carbocycles. The molecule has 0 spiro atoms. The number of hydrogen-bond donors (Lipinski definition) is 2. The van der Waals surface area contributed by atoms with Crippen LogP contribution < -0.4 is 25.3 Å². The van der Waals surface area contributed by atoms with Gasteiger partial charge in [-0.2, -0.15) is 5.48 Å². The predicted octanol–water partition coefficient (Wildman–Crippen LogP) is 1.55. The van der Waals surface area contributed by atoms with Gasteiger partial charge in [0.2, 0.25) is 0 Å². The van der Waals surface area contributed by atoms with Gasteiger partial charge in [0.05, 0.1) is 12.1 Å². The highest BCUT2D eigenvalue weighted by Crippen LogP contribution is 2.19. The van der Waals surface area contributed by atoms with Gasteiger partial charge in [-0.1, -0.05) is 0 Å². The summed E-state index contributed by atoms with van der Waals surface area (Å²) >= 11 is 0. The van der Waals surface area contributed by atoms with Crippen LogP contribution in [0.4, 0.5) is 0 Å². The summed E-state index contributed by atoms with van der Waals surface area (Å²) in [5.41, 5.74) is 5.41. The fraction of sp³-hybridized carbons (Fsp3) is 0.211. The Hall–Kier alpha value is -3.43. The quantitative estimate of drug-likeness (QED) is 0.208. The third kappa shape index (κ3) is 7.06. The molecule has 0 bridgehead atoms. The minimum Gasteiger partial charge on any atom is -0.492 e. The Balaban J connectivity index is 1.75. The number of benzene rings is 2. The number of nitrogens with one attached hydrogen (secondary N) is 2. The first-order chi connectivity index (χ1) is 13.6. The van der Waals surface area contributed by atoms with Crippen LogP contribution in [0, 0.1) is 0 Å². The van der Waals surface area contributed by atoms with Crippen molar-refractivity contribution < 1.29 is 28.7 Å². The Bertz CT molecular complexity index is 790. The van der Waals surface area contributed by atoms with Crippen molar-refractivity contribution in [3.8, 4) is 17.2 Å². The van der Waals surface area contributed by atoms with Gasteiger partial charge in [0, 0.05) is 14.1 Å². The Morgan fingerprint density at radius 1 is 1.00 bits per heavy atom. The van der Waals surface area contributed by atoms with Gasteiger partial charge in [-0.15, -0.1) is 5.48 Å². The molecule has 0 fully saturated rings. The molecule has 2 aromatic carbocycles. The average molecular weight is 387 g/mol. The molecular weight excluding hydrogens is 366 g/mol. The number of aliphatic imine (C=N–C) groups is 1. The largest absolute Gasteiger partial charge is 0.492 e. The predicted molar refractivity (Wildman–Crippen MR) is 102 cm³/mol. The van der Waals surface area contributed by atoms with Gasteiger partial charge >= 0.3 is 11.9 Å². The Morgan fingerprint density at radius 3 is 2.29 bits per heavy atom. The zero-order chi connectivity index (χ0) is 20.2. The van der Waals surface area contributed by atoms with Crippen LogP contribution in [0.15, 0.2) is 53.5 Å². The number of rotatable bonds is 10. The van der Waals surface area contributed by atoms with Crippen molar-refractivity contribution in [1.29, 1.82) is 0 Å². The van der Waals surface area contributed by atoms with Gasteiger partial charge in [0.1, 0.15) is 30.1 Å². The fourth-order valence-electron chi connectivity index (χ4n) is 2.01. The SMILES string of the molecule is CN=CC(=O)ONCCOc1ccc(OC(=O)c2ccc(ONC)cc2)cc1. The van der Waals surface area contributed by atoms with Crippen LogP contribution in [0.5, 0.6) is 17.2 Å². The van der Waals surface area contributed by atoms with Crippen LogP contribution >= 0.6 is 0 Å². The van der Waals surface area contributed by atoms with Crippen LogP contribution in [0.1, 0.15) is 10.4 Å². The van der Waals surface area contributed by atoms with E-state index in [0.29, 0.717) is 29.4 Å². The maximum Gasteiger partial charge on any atom is 0.367 e. The third-order valence-corrected chi connectivity index (χ3v) is 3.22. The number of carbonyl (C=O) groups excluding carboxylic acids is 2. The molecular formula is C19H21N3O6. The van der Waals surface area contributed by atoms with Crippen molar-refractivity contribution in [3.05, 3.63) is 54.1 Å². The lowest BCUT2D eigenvalue weighted by Gasteiger charge is -2.09. The normalized spacial score (nSPS) is 10.5. The molecule has 0 aliphatic carbocycles. The van der Waals surface area contributed by atoms with Crippen molar-refractivity contribution in [1.82, 2.24) is 11.0 Å². The monoisotopic (exact) mass is 387 g/mol. The molecule has 2 rings (SSSR count). The van der Waals surface area contributed by atoms with E-state index in [1.54, 1.807) is 55.6 Å². The summed E-state index contributed by atoms with van der Waals surface area (Å²) in [6.45, 7) is 0.573. The highest BCUT2D eigenvalue weighted by atomic mass is 16.7. The molecule has 0 aliphatic rings. The van der Waals surface area contributed by atoms with Crippen LogP contribution in [0.25, 0.3) is 0 Å². The van der Waals surface area contributed by atoms with E-state index in [1.807, 2.05) is 0 Å². The molecule has 0 aliphatic heterocycles. The summed E-state index contributed by atoms with van der Waals surface area (Å²) in [6.07, 6.45) is 1.05. The number of hydroxylamine groups is 2. The van der Waals surface area contributed by atoms with E-state index in [2.05, 4.69) is 20.8 Å². The Morgan fingerprint density at radius 2 is 1.64 bits per heavy atom. The molecule has 0 heterocycles. The molecule has 0 aromatic heterocycles. The maximum atomic E-state index is 12.1. The number of carbonyl (C=O) groups is 2. The van der Waals surface area contributed by atoms with Gasteiger partial charge < -0.3 is 19.1 Å². The Labute approximate surface area is 162 Å². The molecule has 9 heteroatoms. The molecule has 0 radical (unpaired) electrons. The first-order valence-electron chi connectivity index (χ1n) is 8.37. The Kier molecular flexibility index (Phi) is 8.44. The number of nitrogens with zero attached hydrogens (tertiary/aromatic N) is 1. The minimum atomic E-state index is -0.585. The maximum absolute atomic E-state index is 12.1. The second-order valence-electron chi connectivity index (χ2n) is 5.24. The van der Waals surface area contributed by atoms with Crippen molar-refractivity contribution in [3.63, 3.8) is 0 Å². The molecule has 2 N–H and O–H groups in total. The second-order valence-corrected chi connectivity index (χ2v) is 5.24. The van der Waals surface area contributed by atoms with E-state index in [-0.39, 0.29) is 6.61 Å². The van der Waals surface area contributed by atoms with Gasteiger partial charge in [0.25, 0.3) is 0 Å². The van der Waals surface area contributed by atoms with E-state index < -0.39 is 11.9 Å². The summed E-state index contributed by atoms with van der Waals surface area (Å²) in [6, 6.07) is 13.1. The molecule has 0 unspecified atom stereocenters. The van der Waals surface area contributed by atoms with E-state index in [1.165, 1.54) is 7.05 Å². The van der Waals surface area contributed by atoms with E-state index in [9.17, 15) is 9.59 Å². The molecule has 9 nitrogen and oxygen atoms in total. The van der Waals surface area contributed by atoms with Crippen LogP contribution in [-0.4, -0.2) is 45.4 Å². The molecule has 0 saturated heterocycles. The topological polar surface area (TPSA) is 107 Å². The number of hydrogen-bond acceptors (Lipinski definition) is 9. The lowest BCUT2D eigenvalue weighted by molar-refractivity contribution is -0.142. The molecule has 28 heavy (non-hydrogen) atoms. The smallest absolute Gasteiger partial charge is 0.367 e. The second kappa shape index (κ2) is 11.3. The first kappa shape index (κ1) is 20.9. The summed E-state index contributed by atoms with van der Waals surface area (Å²) in [5, 5.41) is 0. The van der Waals surface area contributed by atoms with Gasteiger partial charge in [-0.05, 0) is 48.5 Å². The fourth-order valence-corrected chi connectivity index (χ4v) is 2.01. The van der Waals surface area contributed by atoms with E-state index in [0.717, 1.165) is 6.21 Å². The number of ether oxygens (including phenoxy) is 2. The van der Waals surface area contributed by atoms with Crippen molar-refractivity contribution in [2.45, 2.75) is 0 Å². The molecule has 0 atom stereocenters. The van der Waals surface area contributed by atoms with E-state index in [4.69, 9.17) is 14.3 Å². The van der Waals surface area contributed by atoms with Gasteiger partial charge in [-0.25, -0.2) is 9.59 Å². The standard InChI is InChI=1S/C19H21N3O6/c1-20-13-18(23)28-22-11-12-25-15-7-9-16(10-8-15)26-19(24)14-3-5-17(6-4-14)27-21-2/h3-10,13,21-22H,11-12H2,1-2H3. The summed E-state index contributed by atoms with van der Waals surface area (Å²) in [5.74, 6) is 0.489. The summed E-state index contributed by atoms with van der Waals surface area (Å²) in [7, 11) is 3.12. The molecule has 148 valence electrons. The van der Waals surface area contributed by atoms with Crippen molar-refractivity contribution >= 4 is 18.2 Å². The van der Waals surface area contributed by atoms with Crippen LogP contribution in [0.2, 0.25) is 0 Å². The number of esters is 1. The van der Waals surface area contributed by atoms with Crippen molar-refractivity contribution in [2.24, 2.45) is 4.99 Å². The first-order valence-corrected chi connectivity index (χ1v) is 8.37. The van der Waals surface area contributed by atoms with Gasteiger partial charge in [0.15, 0.2) is 0 Å². The van der Waals surface area contributed by atoms with Crippen molar-refractivity contribution in [2.75, 3.05) is 27.2 Å². The minimum absolute atomic E-state index is 0.275.